The molecule has 1 amide bonds. The Hall–Kier alpha value is -1.22. The van der Waals surface area contributed by atoms with E-state index in [2.05, 4.69) is 5.32 Å². The lowest BCUT2D eigenvalue weighted by molar-refractivity contribution is -0.123. The summed E-state index contributed by atoms with van der Waals surface area (Å²) in [6, 6.07) is 3.40. The van der Waals surface area contributed by atoms with E-state index in [-0.39, 0.29) is 34.5 Å². The Labute approximate surface area is 159 Å². The van der Waals surface area contributed by atoms with Crippen LogP contribution < -0.4 is 5.32 Å². The lowest BCUT2D eigenvalue weighted by Crippen LogP contribution is -2.46. The number of sulfonamides is 1. The minimum absolute atomic E-state index is 0.0252. The molecule has 0 unspecified atom stereocenters. The van der Waals surface area contributed by atoms with Crippen molar-refractivity contribution in [2.45, 2.75) is 37.6 Å². The molecule has 1 N–H and O–H groups in total. The minimum atomic E-state index is -3.75. The van der Waals surface area contributed by atoms with Crippen molar-refractivity contribution in [3.8, 4) is 0 Å². The van der Waals surface area contributed by atoms with Gasteiger partial charge in [-0.2, -0.15) is 4.31 Å². The van der Waals surface area contributed by atoms with E-state index >= 15 is 0 Å². The van der Waals surface area contributed by atoms with Gasteiger partial charge >= 0.3 is 0 Å². The van der Waals surface area contributed by atoms with E-state index in [4.69, 9.17) is 11.6 Å². The molecule has 0 atom stereocenters. The van der Waals surface area contributed by atoms with Crippen LogP contribution in [0.2, 0.25) is 5.02 Å². The topological polar surface area (TPSA) is 69.7 Å². The molecule has 1 saturated heterocycles. The van der Waals surface area contributed by atoms with Crippen molar-refractivity contribution < 1.29 is 17.6 Å². The lowest BCUT2D eigenvalue weighted by Gasteiger charge is -2.25. The Kier molecular flexibility index (Phi) is 6.65. The Bertz CT molecular complexity index is 765. The summed E-state index contributed by atoms with van der Waals surface area (Å²) < 4.78 is 40.2. The second-order valence-corrected chi connectivity index (χ2v) is 9.75. The maximum absolute atomic E-state index is 13.3. The number of carbonyl (C=O) groups excluding carboxylic acids is 1. The first-order valence-electron chi connectivity index (χ1n) is 8.47. The summed E-state index contributed by atoms with van der Waals surface area (Å²) in [6.45, 7) is 7.65. The third-order valence-electron chi connectivity index (χ3n) is 3.96. The highest BCUT2D eigenvalue weighted by Crippen LogP contribution is 2.23. The van der Waals surface area contributed by atoms with E-state index in [1.807, 2.05) is 25.7 Å². The van der Waals surface area contributed by atoms with Crippen molar-refractivity contribution in [1.82, 2.24) is 14.5 Å². The van der Waals surface area contributed by atoms with E-state index in [1.54, 1.807) is 0 Å². The fraction of sp³-hybridized carbons (Fsp3) is 0.588. The molecular formula is C17H25ClFN3O3S. The van der Waals surface area contributed by atoms with Crippen LogP contribution in [0, 0.1) is 5.82 Å². The lowest BCUT2D eigenvalue weighted by atomic mass is 10.1. The molecule has 1 aromatic rings. The third-order valence-corrected chi connectivity index (χ3v) is 6.14. The van der Waals surface area contributed by atoms with Gasteiger partial charge in [-0.3, -0.25) is 9.69 Å². The first-order chi connectivity index (χ1) is 12.0. The number of hydrogen-bond acceptors (Lipinski definition) is 4. The van der Waals surface area contributed by atoms with Crippen LogP contribution in [0.15, 0.2) is 23.1 Å². The molecular weight excluding hydrogens is 381 g/mol. The highest BCUT2D eigenvalue weighted by molar-refractivity contribution is 7.89. The van der Waals surface area contributed by atoms with Gasteiger partial charge in [0.25, 0.3) is 0 Å². The highest BCUT2D eigenvalue weighted by Gasteiger charge is 2.28. The summed E-state index contributed by atoms with van der Waals surface area (Å²) in [6.07, 6.45) is 0.608. The maximum Gasteiger partial charge on any atom is 0.243 e. The number of halogens is 2. The molecule has 0 saturated carbocycles. The molecule has 1 heterocycles. The zero-order valence-corrected chi connectivity index (χ0v) is 16.8. The summed E-state index contributed by atoms with van der Waals surface area (Å²) in [5.41, 5.74) is -0.305. The molecule has 1 aliphatic heterocycles. The van der Waals surface area contributed by atoms with Crippen molar-refractivity contribution >= 4 is 27.5 Å². The van der Waals surface area contributed by atoms with Crippen molar-refractivity contribution in [1.29, 1.82) is 0 Å². The molecule has 146 valence electrons. The first kappa shape index (κ1) is 21.1. The van der Waals surface area contributed by atoms with Gasteiger partial charge in [0.05, 0.1) is 16.5 Å². The van der Waals surface area contributed by atoms with E-state index < -0.39 is 15.8 Å². The van der Waals surface area contributed by atoms with Crippen LogP contribution >= 0.6 is 11.6 Å². The van der Waals surface area contributed by atoms with E-state index in [0.717, 1.165) is 12.1 Å². The Morgan fingerprint density at radius 1 is 1.23 bits per heavy atom. The molecule has 9 heteroatoms. The van der Waals surface area contributed by atoms with E-state index in [9.17, 15) is 17.6 Å². The summed E-state index contributed by atoms with van der Waals surface area (Å²) in [5.74, 6) is -0.739. The molecule has 1 fully saturated rings. The monoisotopic (exact) mass is 405 g/mol. The zero-order chi connectivity index (χ0) is 19.5. The molecule has 0 aromatic heterocycles. The SMILES string of the molecule is CC(C)(C)NC(=O)CN1CCCN(S(=O)(=O)c2ccc(F)c(Cl)c2)CC1. The molecule has 6 nitrogen and oxygen atoms in total. The normalized spacial score (nSPS) is 17.7. The smallest absolute Gasteiger partial charge is 0.243 e. The van der Waals surface area contributed by atoms with Crippen molar-refractivity contribution in [3.63, 3.8) is 0 Å². The van der Waals surface area contributed by atoms with E-state index in [0.29, 0.717) is 26.1 Å². The van der Waals surface area contributed by atoms with Gasteiger partial charge in [-0.25, -0.2) is 12.8 Å². The predicted molar refractivity (Wildman–Crippen MR) is 99.1 cm³/mol. The Balaban J connectivity index is 2.03. The fourth-order valence-electron chi connectivity index (χ4n) is 2.79. The average molecular weight is 406 g/mol. The van der Waals surface area contributed by atoms with Crippen LogP contribution in [0.4, 0.5) is 4.39 Å². The summed E-state index contributed by atoms with van der Waals surface area (Å²) in [5, 5.41) is 2.68. The highest BCUT2D eigenvalue weighted by atomic mass is 35.5. The Morgan fingerprint density at radius 3 is 2.54 bits per heavy atom. The van der Waals surface area contributed by atoms with Gasteiger partial charge in [-0.1, -0.05) is 11.6 Å². The quantitative estimate of drug-likeness (QED) is 0.832. The molecule has 26 heavy (non-hydrogen) atoms. The summed E-state index contributed by atoms with van der Waals surface area (Å²) in [7, 11) is -3.75. The van der Waals surface area contributed by atoms with Crippen LogP contribution in [-0.2, 0) is 14.8 Å². The number of amides is 1. The first-order valence-corrected chi connectivity index (χ1v) is 10.3. The predicted octanol–water partition coefficient (Wildman–Crippen LogP) is 2.09. The van der Waals surface area contributed by atoms with Crippen molar-refractivity contribution in [2.24, 2.45) is 0 Å². The summed E-state index contributed by atoms with van der Waals surface area (Å²) in [4.78, 5) is 14.0. The standard InChI is InChI=1S/C17H25ClFN3O3S/c1-17(2,3)20-16(23)12-21-7-4-8-22(10-9-21)26(24,25)13-5-6-15(19)14(18)11-13/h5-6,11H,4,7-10,12H2,1-3H3,(H,20,23). The third kappa shape index (κ3) is 5.64. The van der Waals surface area contributed by atoms with E-state index in [1.165, 1.54) is 10.4 Å². The number of benzene rings is 1. The van der Waals surface area contributed by atoms with Gasteiger partial charge in [0.15, 0.2) is 0 Å². The number of hydrogen-bond donors (Lipinski definition) is 1. The molecule has 0 aliphatic carbocycles. The largest absolute Gasteiger partial charge is 0.350 e. The number of carbonyl (C=O) groups is 1. The van der Waals surface area contributed by atoms with Gasteiger partial charge < -0.3 is 5.32 Å². The maximum atomic E-state index is 13.3. The molecule has 2 rings (SSSR count). The number of nitrogens with zero attached hydrogens (tertiary/aromatic N) is 2. The summed E-state index contributed by atoms with van der Waals surface area (Å²) >= 11 is 5.71. The number of nitrogens with one attached hydrogen (secondary N) is 1. The molecule has 1 aliphatic rings. The second-order valence-electron chi connectivity index (χ2n) is 7.41. The van der Waals surface area contributed by atoms with Crippen LogP contribution in [0.5, 0.6) is 0 Å². The van der Waals surface area contributed by atoms with Crippen molar-refractivity contribution in [3.05, 3.63) is 29.0 Å². The number of rotatable bonds is 4. The molecule has 0 radical (unpaired) electrons. The van der Waals surface area contributed by atoms with Gasteiger partial charge in [0.1, 0.15) is 5.82 Å². The molecule has 0 bridgehead atoms. The van der Waals surface area contributed by atoms with Crippen LogP contribution in [0.25, 0.3) is 0 Å². The molecule has 0 spiro atoms. The fourth-order valence-corrected chi connectivity index (χ4v) is 4.53. The molecule has 1 aromatic carbocycles. The van der Waals surface area contributed by atoms with Crippen LogP contribution in [0.3, 0.4) is 0 Å². The van der Waals surface area contributed by atoms with Gasteiger partial charge in [-0.05, 0) is 51.9 Å². The zero-order valence-electron chi connectivity index (χ0n) is 15.3. The Morgan fingerprint density at radius 2 is 1.92 bits per heavy atom. The minimum Gasteiger partial charge on any atom is -0.350 e. The van der Waals surface area contributed by atoms with Gasteiger partial charge in [0.2, 0.25) is 15.9 Å². The van der Waals surface area contributed by atoms with Gasteiger partial charge in [0, 0.05) is 25.2 Å². The van der Waals surface area contributed by atoms with Crippen LogP contribution in [0.1, 0.15) is 27.2 Å². The van der Waals surface area contributed by atoms with Crippen molar-refractivity contribution in [2.75, 3.05) is 32.7 Å². The average Bonchev–Trinajstić information content (AvgIpc) is 2.74. The second kappa shape index (κ2) is 8.21. The van der Waals surface area contributed by atoms with Gasteiger partial charge in [-0.15, -0.1) is 0 Å². The van der Waals surface area contributed by atoms with Crippen LogP contribution in [-0.4, -0.2) is 61.8 Å².